The van der Waals surface area contributed by atoms with Gasteiger partial charge in [-0.3, -0.25) is 0 Å². The predicted octanol–water partition coefficient (Wildman–Crippen LogP) is 1.85. The number of aromatic hydroxyl groups is 1. The maximum Gasteiger partial charge on any atom is 0.117 e. The van der Waals surface area contributed by atoms with E-state index in [1.54, 1.807) is 6.07 Å². The molecule has 0 bridgehead atoms. The molecule has 0 amide bonds. The van der Waals surface area contributed by atoms with Crippen molar-refractivity contribution in [2.45, 2.75) is 25.7 Å². The van der Waals surface area contributed by atoms with Crippen molar-refractivity contribution in [3.8, 4) is 5.75 Å². The van der Waals surface area contributed by atoms with Gasteiger partial charge in [0, 0.05) is 11.8 Å². The number of nitrogen functional groups attached to an aromatic ring is 1. The van der Waals surface area contributed by atoms with E-state index in [0.29, 0.717) is 5.75 Å². The van der Waals surface area contributed by atoms with Gasteiger partial charge in [-0.2, -0.15) is 0 Å². The van der Waals surface area contributed by atoms with Crippen LogP contribution in [-0.4, -0.2) is 5.11 Å². The Morgan fingerprint density at radius 1 is 1.17 bits per heavy atom. The first-order chi connectivity index (χ1) is 5.77. The highest BCUT2D eigenvalue weighted by atomic mass is 16.3. The zero-order chi connectivity index (χ0) is 8.55. The molecule has 1 aliphatic carbocycles. The van der Waals surface area contributed by atoms with Gasteiger partial charge in [0.25, 0.3) is 0 Å². The van der Waals surface area contributed by atoms with Gasteiger partial charge in [0.05, 0.1) is 0 Å². The minimum absolute atomic E-state index is 0.299. The summed E-state index contributed by atoms with van der Waals surface area (Å²) in [6.07, 6.45) is 4.58. The molecule has 0 saturated carbocycles. The first-order valence-corrected chi connectivity index (χ1v) is 4.37. The second-order valence-corrected chi connectivity index (χ2v) is 3.38. The number of rotatable bonds is 0. The second-order valence-electron chi connectivity index (χ2n) is 3.38. The number of hydrogen-bond acceptors (Lipinski definition) is 2. The van der Waals surface area contributed by atoms with Gasteiger partial charge >= 0.3 is 0 Å². The number of phenolic OH excluding ortho intramolecular Hbond substituents is 1. The normalized spacial score (nSPS) is 15.7. The Balaban J connectivity index is 2.53. The van der Waals surface area contributed by atoms with Crippen LogP contribution in [0.1, 0.15) is 24.0 Å². The van der Waals surface area contributed by atoms with Crippen LogP contribution in [-0.2, 0) is 12.8 Å². The van der Waals surface area contributed by atoms with Gasteiger partial charge in [0.1, 0.15) is 5.75 Å². The average molecular weight is 163 g/mol. The Labute approximate surface area is 72.0 Å². The summed E-state index contributed by atoms with van der Waals surface area (Å²) >= 11 is 0. The molecule has 0 saturated heterocycles. The highest BCUT2D eigenvalue weighted by molar-refractivity contribution is 5.56. The van der Waals surface area contributed by atoms with E-state index in [1.807, 2.05) is 6.07 Å². The molecule has 0 fully saturated rings. The average Bonchev–Trinajstić information content (AvgIpc) is 2.04. The van der Waals surface area contributed by atoms with Crippen molar-refractivity contribution < 1.29 is 5.11 Å². The van der Waals surface area contributed by atoms with Crippen molar-refractivity contribution in [2.24, 2.45) is 0 Å². The fraction of sp³-hybridized carbons (Fsp3) is 0.400. The van der Waals surface area contributed by atoms with E-state index in [0.717, 1.165) is 18.5 Å². The van der Waals surface area contributed by atoms with Crippen LogP contribution in [0.4, 0.5) is 5.69 Å². The van der Waals surface area contributed by atoms with E-state index in [2.05, 4.69) is 0 Å². The molecule has 3 N–H and O–H groups in total. The van der Waals surface area contributed by atoms with E-state index < -0.39 is 0 Å². The number of anilines is 1. The third-order valence-electron chi connectivity index (χ3n) is 2.48. The molecule has 0 aromatic heterocycles. The van der Waals surface area contributed by atoms with Crippen molar-refractivity contribution in [2.75, 3.05) is 5.73 Å². The molecule has 0 spiro atoms. The molecule has 1 aromatic carbocycles. The Bertz CT molecular complexity index is 307. The maximum absolute atomic E-state index is 9.29. The molecule has 2 rings (SSSR count). The van der Waals surface area contributed by atoms with Crippen molar-refractivity contribution >= 4 is 5.69 Å². The Hall–Kier alpha value is -1.18. The molecule has 0 unspecified atom stereocenters. The van der Waals surface area contributed by atoms with Crippen LogP contribution in [0.5, 0.6) is 5.75 Å². The number of nitrogens with two attached hydrogens (primary N) is 1. The van der Waals surface area contributed by atoms with Crippen LogP contribution in [0.15, 0.2) is 12.1 Å². The van der Waals surface area contributed by atoms with Crippen LogP contribution < -0.4 is 5.73 Å². The van der Waals surface area contributed by atoms with E-state index in [4.69, 9.17) is 5.73 Å². The fourth-order valence-electron chi connectivity index (χ4n) is 1.88. The highest BCUT2D eigenvalue weighted by Crippen LogP contribution is 2.29. The molecular formula is C10H13NO. The van der Waals surface area contributed by atoms with E-state index >= 15 is 0 Å². The quantitative estimate of drug-likeness (QED) is 0.573. The Kier molecular flexibility index (Phi) is 1.68. The van der Waals surface area contributed by atoms with Gasteiger partial charge in [0.15, 0.2) is 0 Å². The van der Waals surface area contributed by atoms with Crippen molar-refractivity contribution in [1.82, 2.24) is 0 Å². The maximum atomic E-state index is 9.29. The number of phenols is 1. The standard InChI is InChI=1S/C10H13NO/c11-10-6-8(12)5-7-3-1-2-4-9(7)10/h5-6,12H,1-4,11H2. The Morgan fingerprint density at radius 3 is 2.75 bits per heavy atom. The van der Waals surface area contributed by atoms with Crippen LogP contribution in [0.2, 0.25) is 0 Å². The topological polar surface area (TPSA) is 46.2 Å². The summed E-state index contributed by atoms with van der Waals surface area (Å²) in [4.78, 5) is 0. The highest BCUT2D eigenvalue weighted by Gasteiger charge is 2.12. The zero-order valence-corrected chi connectivity index (χ0v) is 7.01. The summed E-state index contributed by atoms with van der Waals surface area (Å²) in [6, 6.07) is 3.48. The molecule has 0 aliphatic heterocycles. The van der Waals surface area contributed by atoms with E-state index in [1.165, 1.54) is 24.0 Å². The van der Waals surface area contributed by atoms with Crippen LogP contribution in [0.25, 0.3) is 0 Å². The van der Waals surface area contributed by atoms with Crippen LogP contribution in [0, 0.1) is 0 Å². The summed E-state index contributed by atoms with van der Waals surface area (Å²) in [6.45, 7) is 0. The molecule has 64 valence electrons. The molecule has 2 heteroatoms. The van der Waals surface area contributed by atoms with Crippen molar-refractivity contribution in [3.05, 3.63) is 23.3 Å². The molecule has 0 atom stereocenters. The SMILES string of the molecule is Nc1cc(O)cc2c1CCCC2. The zero-order valence-electron chi connectivity index (χ0n) is 7.01. The lowest BCUT2D eigenvalue weighted by Gasteiger charge is -2.17. The largest absolute Gasteiger partial charge is 0.508 e. The van der Waals surface area contributed by atoms with Crippen molar-refractivity contribution in [1.29, 1.82) is 0 Å². The van der Waals surface area contributed by atoms with Gasteiger partial charge in [-0.1, -0.05) is 0 Å². The first kappa shape index (κ1) is 7.47. The van der Waals surface area contributed by atoms with Gasteiger partial charge in [-0.15, -0.1) is 0 Å². The van der Waals surface area contributed by atoms with Gasteiger partial charge in [0.2, 0.25) is 0 Å². The predicted molar refractivity (Wildman–Crippen MR) is 49.2 cm³/mol. The second kappa shape index (κ2) is 2.70. The van der Waals surface area contributed by atoms with Crippen molar-refractivity contribution in [3.63, 3.8) is 0 Å². The van der Waals surface area contributed by atoms with Gasteiger partial charge in [-0.25, -0.2) is 0 Å². The molecular weight excluding hydrogens is 150 g/mol. The number of hydrogen-bond donors (Lipinski definition) is 2. The summed E-state index contributed by atoms with van der Waals surface area (Å²) in [5, 5.41) is 9.29. The molecule has 0 radical (unpaired) electrons. The molecule has 0 heterocycles. The van der Waals surface area contributed by atoms with Crippen LogP contribution in [0.3, 0.4) is 0 Å². The monoisotopic (exact) mass is 163 g/mol. The number of fused-ring (bicyclic) bond motifs is 1. The lowest BCUT2D eigenvalue weighted by atomic mass is 9.90. The summed E-state index contributed by atoms with van der Waals surface area (Å²) in [7, 11) is 0. The smallest absolute Gasteiger partial charge is 0.117 e. The van der Waals surface area contributed by atoms with E-state index in [9.17, 15) is 5.11 Å². The summed E-state index contributed by atoms with van der Waals surface area (Å²) in [5.41, 5.74) is 9.02. The Morgan fingerprint density at radius 2 is 1.92 bits per heavy atom. The van der Waals surface area contributed by atoms with Gasteiger partial charge in [-0.05, 0) is 42.9 Å². The third-order valence-corrected chi connectivity index (χ3v) is 2.48. The molecule has 1 aliphatic rings. The molecule has 2 nitrogen and oxygen atoms in total. The first-order valence-electron chi connectivity index (χ1n) is 4.37. The van der Waals surface area contributed by atoms with E-state index in [-0.39, 0.29) is 0 Å². The third kappa shape index (κ3) is 1.13. The minimum atomic E-state index is 0.299. The summed E-state index contributed by atoms with van der Waals surface area (Å²) < 4.78 is 0. The van der Waals surface area contributed by atoms with Gasteiger partial charge < -0.3 is 10.8 Å². The lowest BCUT2D eigenvalue weighted by molar-refractivity contribution is 0.473. The number of benzene rings is 1. The summed E-state index contributed by atoms with van der Waals surface area (Å²) in [5.74, 6) is 0.299. The minimum Gasteiger partial charge on any atom is -0.508 e. The number of aryl methyl sites for hydroxylation is 1. The van der Waals surface area contributed by atoms with Crippen LogP contribution >= 0.6 is 0 Å². The lowest BCUT2D eigenvalue weighted by Crippen LogP contribution is -2.05. The fourth-order valence-corrected chi connectivity index (χ4v) is 1.88. The molecule has 12 heavy (non-hydrogen) atoms. The molecule has 1 aromatic rings.